The Hall–Kier alpha value is -3.07. The van der Waals surface area contributed by atoms with Crippen LogP contribution in [0.25, 0.3) is 0 Å². The van der Waals surface area contributed by atoms with Gasteiger partial charge in [-0.15, -0.1) is 0 Å². The van der Waals surface area contributed by atoms with E-state index in [9.17, 15) is 18.0 Å². The summed E-state index contributed by atoms with van der Waals surface area (Å²) < 4.78 is 28.9. The van der Waals surface area contributed by atoms with Crippen LogP contribution < -0.4 is 9.62 Å². The largest absolute Gasteiger partial charge is 0.354 e. The zero-order valence-electron chi connectivity index (χ0n) is 22.4. The van der Waals surface area contributed by atoms with Crippen molar-refractivity contribution in [1.29, 1.82) is 0 Å². The minimum atomic E-state index is -4.14. The smallest absolute Gasteiger partial charge is 0.264 e. The number of carbonyl (C=O) groups excluding carboxylic acids is 2. The van der Waals surface area contributed by atoms with Gasteiger partial charge in [0.25, 0.3) is 10.0 Å². The average Bonchev–Trinajstić information content (AvgIpc) is 2.91. The quantitative estimate of drug-likeness (QED) is 0.308. The lowest BCUT2D eigenvalue weighted by Crippen LogP contribution is -2.51. The summed E-state index contributed by atoms with van der Waals surface area (Å²) in [5, 5.41) is 3.48. The number of nitrogens with one attached hydrogen (secondary N) is 1. The number of hydrogen-bond acceptors (Lipinski definition) is 4. The SMILES string of the molecule is CCCNC(=O)[C@H](C)N(Cc1c(Cl)cccc1Cl)C(=O)CN(c1cc(C)ccc1C)S(=O)(=O)c1ccccc1. The molecule has 3 rings (SSSR count). The van der Waals surface area contributed by atoms with Gasteiger partial charge in [0.15, 0.2) is 0 Å². The summed E-state index contributed by atoms with van der Waals surface area (Å²) in [6, 6.07) is 17.4. The molecule has 0 saturated carbocycles. The molecule has 0 unspecified atom stereocenters. The molecule has 10 heteroatoms. The van der Waals surface area contributed by atoms with E-state index >= 15 is 0 Å². The normalized spacial score (nSPS) is 12.1. The number of anilines is 1. The lowest BCUT2D eigenvalue weighted by molar-refractivity contribution is -0.139. The fraction of sp³-hybridized carbons (Fsp3) is 0.310. The summed E-state index contributed by atoms with van der Waals surface area (Å²) in [5.74, 6) is -0.942. The van der Waals surface area contributed by atoms with E-state index in [0.29, 0.717) is 33.4 Å². The van der Waals surface area contributed by atoms with Crippen LogP contribution in [0.5, 0.6) is 0 Å². The molecule has 0 heterocycles. The lowest BCUT2D eigenvalue weighted by Gasteiger charge is -2.33. The molecule has 0 fully saturated rings. The number of benzene rings is 3. The maximum Gasteiger partial charge on any atom is 0.264 e. The van der Waals surface area contributed by atoms with E-state index in [2.05, 4.69) is 5.32 Å². The molecule has 39 heavy (non-hydrogen) atoms. The standard InChI is InChI=1S/C29H33Cl2N3O4S/c1-5-16-32-29(36)22(4)33(18-24-25(30)12-9-13-26(24)31)28(35)19-34(27-17-20(2)14-15-21(27)3)39(37,38)23-10-7-6-8-11-23/h6-15,17,22H,5,16,18-19H2,1-4H3,(H,32,36)/t22-/m0/s1. The Labute approximate surface area is 240 Å². The van der Waals surface area contributed by atoms with Gasteiger partial charge in [0.2, 0.25) is 11.8 Å². The Kier molecular flexibility index (Phi) is 10.4. The third-order valence-electron chi connectivity index (χ3n) is 6.35. The zero-order chi connectivity index (χ0) is 28.7. The minimum Gasteiger partial charge on any atom is -0.354 e. The molecule has 0 saturated heterocycles. The molecule has 7 nitrogen and oxygen atoms in total. The lowest BCUT2D eigenvalue weighted by atomic mass is 10.1. The monoisotopic (exact) mass is 589 g/mol. The Morgan fingerprint density at radius 1 is 0.949 bits per heavy atom. The highest BCUT2D eigenvalue weighted by Crippen LogP contribution is 2.30. The summed E-state index contributed by atoms with van der Waals surface area (Å²) in [5.41, 5.74) is 2.37. The third kappa shape index (κ3) is 7.32. The highest BCUT2D eigenvalue weighted by atomic mass is 35.5. The molecule has 208 valence electrons. The van der Waals surface area contributed by atoms with Crippen molar-refractivity contribution in [2.45, 2.75) is 51.6 Å². The van der Waals surface area contributed by atoms with E-state index in [1.54, 1.807) is 56.3 Å². The number of nitrogens with zero attached hydrogens (tertiary/aromatic N) is 2. The Morgan fingerprint density at radius 2 is 1.59 bits per heavy atom. The minimum absolute atomic E-state index is 0.0492. The maximum absolute atomic E-state index is 14.0. The molecule has 0 aliphatic rings. The van der Waals surface area contributed by atoms with E-state index in [0.717, 1.165) is 16.3 Å². The molecule has 0 aliphatic heterocycles. The van der Waals surface area contributed by atoms with Crippen LogP contribution in [0.3, 0.4) is 0 Å². The molecule has 1 N–H and O–H groups in total. The van der Waals surface area contributed by atoms with Crippen LogP contribution in [-0.4, -0.2) is 44.3 Å². The van der Waals surface area contributed by atoms with Crippen molar-refractivity contribution in [3.8, 4) is 0 Å². The van der Waals surface area contributed by atoms with Gasteiger partial charge in [-0.25, -0.2) is 8.42 Å². The van der Waals surface area contributed by atoms with Crippen molar-refractivity contribution < 1.29 is 18.0 Å². The summed E-state index contributed by atoms with van der Waals surface area (Å²) >= 11 is 12.8. The van der Waals surface area contributed by atoms with Gasteiger partial charge in [0.05, 0.1) is 10.6 Å². The molecule has 0 radical (unpaired) electrons. The molecule has 0 spiro atoms. The van der Waals surface area contributed by atoms with Gasteiger partial charge < -0.3 is 10.2 Å². The number of hydrogen-bond donors (Lipinski definition) is 1. The molecular formula is C29H33Cl2N3O4S. The van der Waals surface area contributed by atoms with Gasteiger partial charge in [-0.2, -0.15) is 0 Å². The van der Waals surface area contributed by atoms with E-state index in [-0.39, 0.29) is 17.3 Å². The first-order valence-corrected chi connectivity index (χ1v) is 14.8. The highest BCUT2D eigenvalue weighted by molar-refractivity contribution is 7.92. The van der Waals surface area contributed by atoms with Gasteiger partial charge in [-0.05, 0) is 68.7 Å². The molecular weight excluding hydrogens is 557 g/mol. The Morgan fingerprint density at radius 3 is 2.21 bits per heavy atom. The van der Waals surface area contributed by atoms with Crippen molar-refractivity contribution in [2.75, 3.05) is 17.4 Å². The second-order valence-electron chi connectivity index (χ2n) is 9.30. The highest BCUT2D eigenvalue weighted by Gasteiger charge is 2.33. The molecule has 2 amide bonds. The Balaban J connectivity index is 2.09. The van der Waals surface area contributed by atoms with Crippen LogP contribution >= 0.6 is 23.2 Å². The van der Waals surface area contributed by atoms with Crippen LogP contribution in [0.1, 0.15) is 37.0 Å². The van der Waals surface area contributed by atoms with Gasteiger partial charge >= 0.3 is 0 Å². The van der Waals surface area contributed by atoms with Crippen LogP contribution in [0.4, 0.5) is 5.69 Å². The number of carbonyl (C=O) groups is 2. The van der Waals surface area contributed by atoms with Crippen molar-refractivity contribution in [1.82, 2.24) is 10.2 Å². The first kappa shape index (κ1) is 30.5. The molecule has 0 aromatic heterocycles. The third-order valence-corrected chi connectivity index (χ3v) is 8.83. The maximum atomic E-state index is 14.0. The predicted octanol–water partition coefficient (Wildman–Crippen LogP) is 5.75. The van der Waals surface area contributed by atoms with Crippen molar-refractivity contribution in [3.05, 3.63) is 93.5 Å². The number of amides is 2. The number of rotatable bonds is 11. The first-order chi connectivity index (χ1) is 18.5. The van der Waals surface area contributed by atoms with Crippen molar-refractivity contribution in [3.63, 3.8) is 0 Å². The zero-order valence-corrected chi connectivity index (χ0v) is 24.8. The summed E-state index contributed by atoms with van der Waals surface area (Å²) in [6.07, 6.45) is 0.721. The van der Waals surface area contributed by atoms with Gasteiger partial charge in [-0.3, -0.25) is 13.9 Å². The summed E-state index contributed by atoms with van der Waals surface area (Å²) in [6.45, 7) is 6.99. The van der Waals surface area contributed by atoms with E-state index in [1.807, 2.05) is 26.0 Å². The predicted molar refractivity (Wildman–Crippen MR) is 157 cm³/mol. The van der Waals surface area contributed by atoms with Crippen LogP contribution in [0, 0.1) is 13.8 Å². The molecule has 0 aliphatic carbocycles. The average molecular weight is 591 g/mol. The second-order valence-corrected chi connectivity index (χ2v) is 12.0. The second kappa shape index (κ2) is 13.3. The summed E-state index contributed by atoms with van der Waals surface area (Å²) in [4.78, 5) is 28.3. The fourth-order valence-electron chi connectivity index (χ4n) is 4.05. The van der Waals surface area contributed by atoms with E-state index in [1.165, 1.54) is 17.0 Å². The van der Waals surface area contributed by atoms with Crippen LogP contribution in [-0.2, 0) is 26.2 Å². The number of sulfonamides is 1. The molecule has 0 bridgehead atoms. The van der Waals surface area contributed by atoms with Crippen molar-refractivity contribution >= 4 is 50.7 Å². The van der Waals surface area contributed by atoms with Crippen LogP contribution in [0.2, 0.25) is 10.0 Å². The van der Waals surface area contributed by atoms with E-state index in [4.69, 9.17) is 23.2 Å². The van der Waals surface area contributed by atoms with Gasteiger partial charge in [0, 0.05) is 28.7 Å². The molecule has 1 atom stereocenters. The molecule has 3 aromatic carbocycles. The number of aryl methyl sites for hydroxylation is 2. The topological polar surface area (TPSA) is 86.8 Å². The number of halogens is 2. The van der Waals surface area contributed by atoms with Crippen LogP contribution in [0.15, 0.2) is 71.6 Å². The fourth-order valence-corrected chi connectivity index (χ4v) is 6.06. The van der Waals surface area contributed by atoms with Gasteiger partial charge in [0.1, 0.15) is 12.6 Å². The Bertz CT molecular complexity index is 1410. The first-order valence-electron chi connectivity index (χ1n) is 12.6. The van der Waals surface area contributed by atoms with Gasteiger partial charge in [-0.1, -0.05) is 66.5 Å². The summed E-state index contributed by atoms with van der Waals surface area (Å²) in [7, 11) is -4.14. The van der Waals surface area contributed by atoms with Crippen molar-refractivity contribution in [2.24, 2.45) is 0 Å². The molecule has 3 aromatic rings. The van der Waals surface area contributed by atoms with E-state index < -0.39 is 28.5 Å².